The van der Waals surface area contributed by atoms with Gasteiger partial charge in [0, 0.05) is 29.6 Å². The van der Waals surface area contributed by atoms with Crippen molar-refractivity contribution >= 4 is 29.2 Å². The Labute approximate surface area is 207 Å². The van der Waals surface area contributed by atoms with Crippen LogP contribution >= 0.6 is 0 Å². The topological polar surface area (TPSA) is 133 Å². The van der Waals surface area contributed by atoms with Gasteiger partial charge in [0.15, 0.2) is 0 Å². The number of allylic oxidation sites excluding steroid dienone is 1. The minimum absolute atomic E-state index is 0.00524. The number of esters is 1. The maximum absolute atomic E-state index is 13.4. The number of H-pyrrole nitrogens is 1. The second-order valence-electron chi connectivity index (χ2n) is 8.07. The maximum atomic E-state index is 13.4. The molecule has 2 heterocycles. The van der Waals surface area contributed by atoms with Gasteiger partial charge < -0.3 is 10.1 Å². The average Bonchev–Trinajstić information content (AvgIpc) is 3.22. The van der Waals surface area contributed by atoms with Crippen LogP contribution in [0.25, 0.3) is 0 Å². The van der Waals surface area contributed by atoms with Crippen LogP contribution in [-0.4, -0.2) is 33.8 Å². The largest absolute Gasteiger partial charge is 0.466 e. The van der Waals surface area contributed by atoms with Crippen LogP contribution in [0.5, 0.6) is 0 Å². The number of hydrogen-bond acceptors (Lipinski definition) is 7. The van der Waals surface area contributed by atoms with Crippen LogP contribution in [-0.2, 0) is 20.5 Å². The third-order valence-electron chi connectivity index (χ3n) is 5.77. The van der Waals surface area contributed by atoms with E-state index in [0.717, 1.165) is 23.8 Å². The van der Waals surface area contributed by atoms with Crippen LogP contribution in [0.2, 0.25) is 0 Å². The first-order valence-corrected chi connectivity index (χ1v) is 10.7. The molecular weight excluding hydrogens is 493 g/mol. The molecule has 0 aliphatic carbocycles. The molecule has 0 radical (unpaired) electrons. The number of halogens is 3. The monoisotopic (exact) mass is 512 g/mol. The number of nitrogens with one attached hydrogen (secondary N) is 2. The molecule has 0 bridgehead atoms. The Balaban J connectivity index is 2.04. The van der Waals surface area contributed by atoms with Gasteiger partial charge in [0.05, 0.1) is 29.9 Å². The van der Waals surface area contributed by atoms with E-state index in [2.05, 4.69) is 15.5 Å². The molecule has 13 heteroatoms. The first-order valence-electron chi connectivity index (χ1n) is 10.7. The minimum Gasteiger partial charge on any atom is -0.466 e. The third-order valence-corrected chi connectivity index (χ3v) is 5.77. The van der Waals surface area contributed by atoms with E-state index >= 15 is 0 Å². The number of amides is 1. The number of nitriles is 1. The molecule has 3 aromatic rings. The highest BCUT2D eigenvalue weighted by atomic mass is 19.4. The number of fused-ring (bicyclic) bond motifs is 1. The van der Waals surface area contributed by atoms with Gasteiger partial charge in [-0.1, -0.05) is 12.1 Å². The number of aromatic amines is 1. The van der Waals surface area contributed by atoms with Crippen LogP contribution in [0.3, 0.4) is 0 Å². The van der Waals surface area contributed by atoms with E-state index in [1.54, 1.807) is 0 Å². The number of anilines is 3. The molecule has 37 heavy (non-hydrogen) atoms. The van der Waals surface area contributed by atoms with Crippen LogP contribution in [0.1, 0.15) is 36.6 Å². The van der Waals surface area contributed by atoms with Crippen molar-refractivity contribution < 1.29 is 27.5 Å². The van der Waals surface area contributed by atoms with Crippen molar-refractivity contribution in [3.63, 3.8) is 0 Å². The van der Waals surface area contributed by atoms with Gasteiger partial charge in [-0.2, -0.15) is 18.4 Å². The Morgan fingerprint density at radius 2 is 1.95 bits per heavy atom. The van der Waals surface area contributed by atoms with E-state index in [4.69, 9.17) is 4.74 Å². The molecule has 2 N–H and O–H groups in total. The average molecular weight is 512 g/mol. The molecule has 0 saturated heterocycles. The smallest absolute Gasteiger partial charge is 0.416 e. The molecule has 4 rings (SSSR count). The van der Waals surface area contributed by atoms with Crippen molar-refractivity contribution in [2.24, 2.45) is 0 Å². The van der Waals surface area contributed by atoms with E-state index in [9.17, 15) is 32.8 Å². The van der Waals surface area contributed by atoms with Crippen molar-refractivity contribution in [3.05, 3.63) is 80.9 Å². The summed E-state index contributed by atoms with van der Waals surface area (Å²) in [5.74, 6) is -1.44. The fourth-order valence-corrected chi connectivity index (χ4v) is 4.24. The Morgan fingerprint density at radius 1 is 1.22 bits per heavy atom. The second-order valence-corrected chi connectivity index (χ2v) is 8.07. The summed E-state index contributed by atoms with van der Waals surface area (Å²) >= 11 is 0. The Bertz CT molecular complexity index is 1550. The van der Waals surface area contributed by atoms with Gasteiger partial charge in [-0.3, -0.25) is 9.69 Å². The van der Waals surface area contributed by atoms with Gasteiger partial charge in [0.1, 0.15) is 6.04 Å². The van der Waals surface area contributed by atoms with Gasteiger partial charge in [-0.25, -0.2) is 19.3 Å². The number of alkyl halides is 3. The fourth-order valence-electron chi connectivity index (χ4n) is 4.24. The van der Waals surface area contributed by atoms with E-state index in [0.29, 0.717) is 0 Å². The van der Waals surface area contributed by atoms with Gasteiger partial charge in [0.25, 0.3) is 0 Å². The third kappa shape index (κ3) is 4.44. The second kappa shape index (κ2) is 9.30. The molecular formula is C24H19F3N6O4. The number of benzene rings is 2. The number of hydrogen-bond donors (Lipinski definition) is 2. The van der Waals surface area contributed by atoms with Gasteiger partial charge in [-0.05, 0) is 37.3 Å². The number of carbonyl (C=O) groups is 2. The summed E-state index contributed by atoms with van der Waals surface area (Å²) in [5, 5.41) is 18.2. The molecule has 1 aliphatic heterocycles. The van der Waals surface area contributed by atoms with Crippen molar-refractivity contribution in [1.29, 1.82) is 5.26 Å². The predicted molar refractivity (Wildman–Crippen MR) is 125 cm³/mol. The lowest BCUT2D eigenvalue weighted by Crippen LogP contribution is -2.38. The molecule has 0 unspecified atom stereocenters. The molecule has 1 atom stereocenters. The summed E-state index contributed by atoms with van der Waals surface area (Å²) in [7, 11) is 1.12. The van der Waals surface area contributed by atoms with Crippen molar-refractivity contribution in [1.82, 2.24) is 14.8 Å². The summed E-state index contributed by atoms with van der Waals surface area (Å²) < 4.78 is 46.4. The fraction of sp³-hybridized carbons (Fsp3) is 0.208. The Kier molecular flexibility index (Phi) is 6.35. The van der Waals surface area contributed by atoms with Gasteiger partial charge >= 0.3 is 17.8 Å². The lowest BCUT2D eigenvalue weighted by Gasteiger charge is -2.36. The number of nitrogens with zero attached hydrogens (tertiary/aromatic N) is 4. The molecule has 0 saturated carbocycles. The van der Waals surface area contributed by atoms with Gasteiger partial charge in [0.2, 0.25) is 11.9 Å². The van der Waals surface area contributed by atoms with E-state index in [1.165, 1.54) is 49.1 Å². The molecule has 10 nitrogen and oxygen atoms in total. The van der Waals surface area contributed by atoms with Crippen LogP contribution in [0.4, 0.5) is 30.5 Å². The zero-order chi connectivity index (χ0) is 27.1. The highest BCUT2D eigenvalue weighted by Crippen LogP contribution is 2.44. The number of rotatable bonds is 4. The highest BCUT2D eigenvalue weighted by molar-refractivity contribution is 5.95. The van der Waals surface area contributed by atoms with Crippen LogP contribution < -0.4 is 15.9 Å². The zero-order valence-electron chi connectivity index (χ0n) is 19.7. The quantitative estimate of drug-likeness (QED) is 0.510. The molecule has 0 fully saturated rings. The molecule has 2 aromatic carbocycles. The minimum atomic E-state index is -4.64. The Morgan fingerprint density at radius 3 is 2.57 bits per heavy atom. The maximum Gasteiger partial charge on any atom is 0.416 e. The molecule has 0 spiro atoms. The van der Waals surface area contributed by atoms with Gasteiger partial charge in [-0.15, -0.1) is 5.10 Å². The zero-order valence-corrected chi connectivity index (χ0v) is 19.7. The highest BCUT2D eigenvalue weighted by Gasteiger charge is 2.41. The van der Waals surface area contributed by atoms with Crippen molar-refractivity contribution in [2.45, 2.75) is 26.1 Å². The number of ether oxygens (including phenoxy) is 1. The van der Waals surface area contributed by atoms with E-state index < -0.39 is 35.3 Å². The van der Waals surface area contributed by atoms with Crippen LogP contribution in [0.15, 0.2) is 58.5 Å². The first-order chi connectivity index (χ1) is 17.5. The predicted octanol–water partition coefficient (Wildman–Crippen LogP) is 3.61. The summed E-state index contributed by atoms with van der Waals surface area (Å²) in [6, 6.07) is 9.37. The molecule has 1 aromatic heterocycles. The lowest BCUT2D eigenvalue weighted by molar-refractivity contribution is -0.138. The summed E-state index contributed by atoms with van der Waals surface area (Å²) in [6.07, 6.45) is -4.64. The summed E-state index contributed by atoms with van der Waals surface area (Å²) in [6.45, 7) is 2.72. The normalized spacial score (nSPS) is 15.2. The number of aromatic nitrogens is 3. The molecule has 190 valence electrons. The lowest BCUT2D eigenvalue weighted by atomic mass is 9.92. The number of methoxy groups -OCH3 is 1. The SMILES string of the molecule is COC(=O)C1=C(C)N(c2cccc(C(F)(F)F)c2)c2n[nH]c(=O)n2[C@H]1c1ccc(C#N)cc1NC(C)=O. The van der Waals surface area contributed by atoms with Crippen molar-refractivity contribution in [3.8, 4) is 6.07 Å². The summed E-state index contributed by atoms with van der Waals surface area (Å²) in [5.41, 5.74) is -1.07. The molecule has 1 aliphatic rings. The van der Waals surface area contributed by atoms with E-state index in [1.807, 2.05) is 6.07 Å². The first kappa shape index (κ1) is 25.2. The summed E-state index contributed by atoms with van der Waals surface area (Å²) in [4.78, 5) is 39.2. The Hall–Kier alpha value is -4.86. The van der Waals surface area contributed by atoms with E-state index in [-0.39, 0.29) is 39.7 Å². The number of carbonyl (C=O) groups excluding carboxylic acids is 2. The molecule has 1 amide bonds. The van der Waals surface area contributed by atoms with Crippen LogP contribution in [0, 0.1) is 11.3 Å². The van der Waals surface area contributed by atoms with Crippen molar-refractivity contribution in [2.75, 3.05) is 17.3 Å². The standard InChI is InChI=1S/C24H19F3N6O4/c1-12-19(21(35)37-3)20(17-8-7-14(11-28)9-18(17)29-13(2)34)33-22(30-31-23(33)36)32(12)16-6-4-5-15(10-16)24(25,26)27/h4-10,20H,1-3H3,(H,29,34)(H,31,36)/t20-/m0/s1.